The van der Waals surface area contributed by atoms with Crippen LogP contribution in [0.25, 0.3) is 10.9 Å². The van der Waals surface area contributed by atoms with E-state index in [1.165, 1.54) is 4.68 Å². The average Bonchev–Trinajstić information content (AvgIpc) is 2.55. The lowest BCUT2D eigenvalue weighted by Gasteiger charge is -2.23. The number of fused-ring (bicyclic) bond motifs is 1. The first-order valence-corrected chi connectivity index (χ1v) is 7.56. The molecule has 1 amide bonds. The Bertz CT molecular complexity index is 721. The summed E-state index contributed by atoms with van der Waals surface area (Å²) in [6, 6.07) is 7.25. The summed E-state index contributed by atoms with van der Waals surface area (Å²) < 4.78 is 1.25. The zero-order valence-corrected chi connectivity index (χ0v) is 12.3. The minimum Gasteiger partial charge on any atom is -0.352 e. The number of benzene rings is 1. The van der Waals surface area contributed by atoms with Crippen molar-refractivity contribution >= 4 is 16.8 Å². The van der Waals surface area contributed by atoms with Gasteiger partial charge in [-0.15, -0.1) is 5.10 Å². The van der Waals surface area contributed by atoms with Crippen LogP contribution in [0, 0.1) is 0 Å². The molecule has 0 aliphatic carbocycles. The van der Waals surface area contributed by atoms with Crippen molar-refractivity contribution < 1.29 is 4.79 Å². The Balaban J connectivity index is 1.62. The Hall–Kier alpha value is -2.28. The molecular formula is C15H19N5O2. The number of aromatic nitrogens is 3. The molecule has 1 aromatic heterocycles. The van der Waals surface area contributed by atoms with Gasteiger partial charge in [-0.3, -0.25) is 9.59 Å². The van der Waals surface area contributed by atoms with Crippen LogP contribution in [-0.4, -0.2) is 40.0 Å². The smallest absolute Gasteiger partial charge is 0.277 e. The Morgan fingerprint density at radius 3 is 3.09 bits per heavy atom. The topological polar surface area (TPSA) is 88.9 Å². The molecule has 2 N–H and O–H groups in total. The number of rotatable bonds is 4. The Kier molecular flexibility index (Phi) is 4.43. The van der Waals surface area contributed by atoms with Crippen molar-refractivity contribution in [2.75, 3.05) is 13.1 Å². The maximum absolute atomic E-state index is 12.2. The number of piperidine rings is 1. The second kappa shape index (κ2) is 6.65. The maximum Gasteiger partial charge on any atom is 0.277 e. The van der Waals surface area contributed by atoms with E-state index in [9.17, 15) is 9.59 Å². The first-order chi connectivity index (χ1) is 10.7. The fourth-order valence-corrected chi connectivity index (χ4v) is 2.65. The number of hydrogen-bond donors (Lipinski definition) is 2. The number of aryl methyl sites for hydroxylation is 1. The van der Waals surface area contributed by atoms with Gasteiger partial charge in [-0.2, -0.15) is 0 Å². The van der Waals surface area contributed by atoms with Crippen LogP contribution in [0.5, 0.6) is 0 Å². The van der Waals surface area contributed by atoms with Crippen LogP contribution < -0.4 is 16.2 Å². The van der Waals surface area contributed by atoms with Crippen LogP contribution in [0.15, 0.2) is 29.1 Å². The molecule has 1 saturated heterocycles. The number of nitrogens with zero attached hydrogens (tertiary/aromatic N) is 3. The minimum absolute atomic E-state index is 0.0597. The van der Waals surface area contributed by atoms with Gasteiger partial charge in [-0.1, -0.05) is 17.3 Å². The zero-order valence-electron chi connectivity index (χ0n) is 12.3. The van der Waals surface area contributed by atoms with E-state index < -0.39 is 0 Å². The molecule has 3 rings (SSSR count). The van der Waals surface area contributed by atoms with Crippen LogP contribution >= 0.6 is 0 Å². The quantitative estimate of drug-likeness (QED) is 0.833. The highest BCUT2D eigenvalue weighted by Crippen LogP contribution is 2.04. The highest BCUT2D eigenvalue weighted by molar-refractivity contribution is 5.77. The molecule has 0 spiro atoms. The van der Waals surface area contributed by atoms with Crippen molar-refractivity contribution in [1.29, 1.82) is 0 Å². The molecular weight excluding hydrogens is 282 g/mol. The zero-order chi connectivity index (χ0) is 15.4. The van der Waals surface area contributed by atoms with Crippen molar-refractivity contribution in [1.82, 2.24) is 25.6 Å². The third-order valence-electron chi connectivity index (χ3n) is 3.84. The summed E-state index contributed by atoms with van der Waals surface area (Å²) in [5, 5.41) is 14.6. The van der Waals surface area contributed by atoms with Crippen molar-refractivity contribution in [3.63, 3.8) is 0 Å². The van der Waals surface area contributed by atoms with Gasteiger partial charge in [0.2, 0.25) is 5.91 Å². The van der Waals surface area contributed by atoms with Crippen molar-refractivity contribution in [2.45, 2.75) is 31.8 Å². The van der Waals surface area contributed by atoms with Crippen LogP contribution in [0.4, 0.5) is 0 Å². The second-order valence-corrected chi connectivity index (χ2v) is 5.50. The van der Waals surface area contributed by atoms with Gasteiger partial charge in [-0.05, 0) is 31.5 Å². The fraction of sp³-hybridized carbons (Fsp3) is 0.467. The molecule has 2 aromatic rings. The Morgan fingerprint density at radius 2 is 2.27 bits per heavy atom. The third-order valence-corrected chi connectivity index (χ3v) is 3.84. The maximum atomic E-state index is 12.2. The molecule has 1 aromatic carbocycles. The van der Waals surface area contributed by atoms with E-state index in [0.29, 0.717) is 10.9 Å². The predicted molar refractivity (Wildman–Crippen MR) is 82.4 cm³/mol. The summed E-state index contributed by atoms with van der Waals surface area (Å²) in [7, 11) is 0. The molecule has 0 saturated carbocycles. The van der Waals surface area contributed by atoms with Crippen molar-refractivity contribution in [2.24, 2.45) is 0 Å². The van der Waals surface area contributed by atoms with Gasteiger partial charge in [0.15, 0.2) is 0 Å². The van der Waals surface area contributed by atoms with Gasteiger partial charge in [-0.25, -0.2) is 4.68 Å². The molecule has 2 heterocycles. The minimum atomic E-state index is -0.210. The van der Waals surface area contributed by atoms with E-state index in [-0.39, 0.29) is 30.5 Å². The Morgan fingerprint density at radius 1 is 1.41 bits per heavy atom. The highest BCUT2D eigenvalue weighted by atomic mass is 16.2. The standard InChI is InChI=1S/C15H19N5O2/c21-14(17-11-4-3-8-16-10-11)7-9-20-15(22)12-5-1-2-6-13(12)18-19-20/h1-2,5-6,11,16H,3-4,7-10H2,(H,17,21). The number of hydrogen-bond acceptors (Lipinski definition) is 5. The summed E-state index contributed by atoms with van der Waals surface area (Å²) in [5.41, 5.74) is 0.360. The number of amides is 1. The second-order valence-electron chi connectivity index (χ2n) is 5.50. The van der Waals surface area contributed by atoms with Crippen LogP contribution in [0.1, 0.15) is 19.3 Å². The molecule has 1 unspecified atom stereocenters. The van der Waals surface area contributed by atoms with Gasteiger partial charge in [0.05, 0.1) is 11.9 Å². The van der Waals surface area contributed by atoms with Gasteiger partial charge < -0.3 is 10.6 Å². The largest absolute Gasteiger partial charge is 0.352 e. The van der Waals surface area contributed by atoms with Crippen molar-refractivity contribution in [3.05, 3.63) is 34.6 Å². The average molecular weight is 301 g/mol. The summed E-state index contributed by atoms with van der Waals surface area (Å²) >= 11 is 0. The van der Waals surface area contributed by atoms with Gasteiger partial charge in [0.25, 0.3) is 5.56 Å². The number of nitrogens with one attached hydrogen (secondary N) is 2. The molecule has 7 heteroatoms. The van der Waals surface area contributed by atoms with Gasteiger partial charge >= 0.3 is 0 Å². The molecule has 1 aliphatic heterocycles. The van der Waals surface area contributed by atoms with Crippen LogP contribution in [-0.2, 0) is 11.3 Å². The van der Waals surface area contributed by atoms with Crippen molar-refractivity contribution in [3.8, 4) is 0 Å². The number of carbonyl (C=O) groups is 1. The first kappa shape index (κ1) is 14.6. The SMILES string of the molecule is O=C(CCn1nnc2ccccc2c1=O)NC1CCCNC1. The Labute approximate surface area is 127 Å². The highest BCUT2D eigenvalue weighted by Gasteiger charge is 2.15. The monoisotopic (exact) mass is 301 g/mol. The molecule has 116 valence electrons. The van der Waals surface area contributed by atoms with E-state index in [0.717, 1.165) is 25.9 Å². The van der Waals surface area contributed by atoms with Crippen LogP contribution in [0.2, 0.25) is 0 Å². The molecule has 7 nitrogen and oxygen atoms in total. The van der Waals surface area contributed by atoms with E-state index >= 15 is 0 Å². The fourth-order valence-electron chi connectivity index (χ4n) is 2.65. The van der Waals surface area contributed by atoms with Crippen LogP contribution in [0.3, 0.4) is 0 Å². The third kappa shape index (κ3) is 3.30. The van der Waals surface area contributed by atoms with E-state index in [2.05, 4.69) is 20.9 Å². The van der Waals surface area contributed by atoms with E-state index in [1.54, 1.807) is 18.2 Å². The lowest BCUT2D eigenvalue weighted by Crippen LogP contribution is -2.45. The van der Waals surface area contributed by atoms with E-state index in [4.69, 9.17) is 0 Å². The number of carbonyl (C=O) groups excluding carboxylic acids is 1. The molecule has 22 heavy (non-hydrogen) atoms. The molecule has 1 aliphatic rings. The molecule has 1 atom stereocenters. The molecule has 0 bridgehead atoms. The summed E-state index contributed by atoms with van der Waals surface area (Å²) in [4.78, 5) is 24.2. The lowest BCUT2D eigenvalue weighted by atomic mass is 10.1. The first-order valence-electron chi connectivity index (χ1n) is 7.56. The predicted octanol–water partition coefficient (Wildman–Crippen LogP) is 0.0498. The summed E-state index contributed by atoms with van der Waals surface area (Å²) in [6.07, 6.45) is 2.29. The van der Waals surface area contributed by atoms with E-state index in [1.807, 2.05) is 6.07 Å². The normalized spacial score (nSPS) is 18.3. The summed E-state index contributed by atoms with van der Waals surface area (Å²) in [6.45, 7) is 2.05. The van der Waals surface area contributed by atoms with Gasteiger partial charge in [0.1, 0.15) is 5.52 Å². The summed E-state index contributed by atoms with van der Waals surface area (Å²) in [5.74, 6) is -0.0597. The lowest BCUT2D eigenvalue weighted by molar-refractivity contribution is -0.122. The molecule has 1 fully saturated rings. The molecule has 0 radical (unpaired) electrons. The van der Waals surface area contributed by atoms with Gasteiger partial charge in [0, 0.05) is 19.0 Å².